The van der Waals surface area contributed by atoms with Crippen molar-refractivity contribution in [3.05, 3.63) is 71.8 Å². The zero-order valence-electron chi connectivity index (χ0n) is 18.3. The number of ether oxygens (including phenoxy) is 1. The van der Waals surface area contributed by atoms with Crippen molar-refractivity contribution < 1.29 is 14.3 Å². The molecule has 0 aromatic heterocycles. The van der Waals surface area contributed by atoms with Crippen LogP contribution < -0.4 is 10.6 Å². The number of amides is 2. The van der Waals surface area contributed by atoms with E-state index >= 15 is 0 Å². The quantitative estimate of drug-likeness (QED) is 0.625. The van der Waals surface area contributed by atoms with Crippen LogP contribution in [0.2, 0.25) is 0 Å². The predicted molar refractivity (Wildman–Crippen MR) is 119 cm³/mol. The summed E-state index contributed by atoms with van der Waals surface area (Å²) in [7, 11) is 3.96. The maximum Gasteiger partial charge on any atom is 0.408 e. The highest BCUT2D eigenvalue weighted by Gasteiger charge is 2.27. The van der Waals surface area contributed by atoms with Crippen LogP contribution in [0.25, 0.3) is 0 Å². The average molecular weight is 412 g/mol. The summed E-state index contributed by atoms with van der Waals surface area (Å²) in [4.78, 5) is 27.3. The molecule has 0 fully saturated rings. The number of alkyl carbamates (subject to hydrolysis) is 1. The van der Waals surface area contributed by atoms with Gasteiger partial charge in [0.05, 0.1) is 6.04 Å². The molecule has 0 aliphatic rings. The highest BCUT2D eigenvalue weighted by Crippen LogP contribution is 2.17. The predicted octanol–water partition coefficient (Wildman–Crippen LogP) is 3.75. The van der Waals surface area contributed by atoms with Crippen LogP contribution in [0.4, 0.5) is 4.79 Å². The van der Waals surface area contributed by atoms with E-state index in [9.17, 15) is 9.59 Å². The molecule has 162 valence electrons. The van der Waals surface area contributed by atoms with Crippen LogP contribution in [0.1, 0.15) is 37.4 Å². The summed E-state index contributed by atoms with van der Waals surface area (Å²) in [6.45, 7) is 4.55. The number of hydrogen-bond acceptors (Lipinski definition) is 4. The highest BCUT2D eigenvalue weighted by molar-refractivity contribution is 5.85. The van der Waals surface area contributed by atoms with Gasteiger partial charge in [-0.1, -0.05) is 80.9 Å². The molecule has 0 unspecified atom stereocenters. The molecule has 0 aliphatic carbocycles. The van der Waals surface area contributed by atoms with Crippen LogP contribution in [-0.4, -0.2) is 43.6 Å². The van der Waals surface area contributed by atoms with E-state index in [-0.39, 0.29) is 24.5 Å². The Kier molecular flexibility index (Phi) is 9.35. The Hall–Kier alpha value is -2.86. The standard InChI is InChI=1S/C24H33N3O3/c1-5-18(2)22(26-24(29)30-17-19-12-8-6-9-13-19)23(28)25-16-21(27(3)4)20-14-10-7-11-15-20/h6-15,18,21-22H,5,16-17H2,1-4H3,(H,25,28)(H,26,29)/t18-,21-,22-/m0/s1. The van der Waals surface area contributed by atoms with Crippen molar-refractivity contribution in [2.45, 2.75) is 39.0 Å². The van der Waals surface area contributed by atoms with E-state index in [1.807, 2.05) is 88.6 Å². The molecule has 0 radical (unpaired) electrons. The minimum atomic E-state index is -0.656. The maximum atomic E-state index is 12.9. The lowest BCUT2D eigenvalue weighted by molar-refractivity contribution is -0.124. The zero-order chi connectivity index (χ0) is 21.9. The lowest BCUT2D eigenvalue weighted by Gasteiger charge is -2.28. The average Bonchev–Trinajstić information content (AvgIpc) is 2.76. The molecule has 0 aliphatic heterocycles. The number of carbonyl (C=O) groups is 2. The molecular formula is C24H33N3O3. The summed E-state index contributed by atoms with van der Waals surface area (Å²) in [5, 5.41) is 5.75. The molecular weight excluding hydrogens is 378 g/mol. The first-order valence-electron chi connectivity index (χ1n) is 10.4. The fourth-order valence-corrected chi connectivity index (χ4v) is 3.17. The first-order valence-corrected chi connectivity index (χ1v) is 10.4. The highest BCUT2D eigenvalue weighted by atomic mass is 16.5. The van der Waals surface area contributed by atoms with Gasteiger partial charge in [0.2, 0.25) is 5.91 Å². The Bertz CT molecular complexity index is 781. The Labute approximate surface area is 179 Å². The number of nitrogens with one attached hydrogen (secondary N) is 2. The third-order valence-corrected chi connectivity index (χ3v) is 5.26. The normalized spacial score (nSPS) is 13.9. The van der Waals surface area contributed by atoms with Gasteiger partial charge in [-0.05, 0) is 31.1 Å². The molecule has 2 amide bonds. The number of carbonyl (C=O) groups excluding carboxylic acids is 2. The lowest BCUT2D eigenvalue weighted by Crippen LogP contribution is -2.51. The fourth-order valence-electron chi connectivity index (χ4n) is 3.17. The Morgan fingerprint density at radius 3 is 2.17 bits per heavy atom. The SMILES string of the molecule is CC[C@H](C)[C@H](NC(=O)OCc1ccccc1)C(=O)NC[C@@H](c1ccccc1)N(C)C. The van der Waals surface area contributed by atoms with Crippen molar-refractivity contribution in [1.82, 2.24) is 15.5 Å². The van der Waals surface area contributed by atoms with E-state index < -0.39 is 12.1 Å². The van der Waals surface area contributed by atoms with Gasteiger partial charge in [0, 0.05) is 6.54 Å². The first kappa shape index (κ1) is 23.4. The summed E-state index contributed by atoms with van der Waals surface area (Å²) < 4.78 is 5.30. The monoisotopic (exact) mass is 411 g/mol. The van der Waals surface area contributed by atoms with Gasteiger partial charge in [-0.15, -0.1) is 0 Å². The topological polar surface area (TPSA) is 70.7 Å². The Morgan fingerprint density at radius 1 is 1.00 bits per heavy atom. The van der Waals surface area contributed by atoms with Crippen molar-refractivity contribution in [2.75, 3.05) is 20.6 Å². The van der Waals surface area contributed by atoms with Gasteiger partial charge in [0.25, 0.3) is 0 Å². The van der Waals surface area contributed by atoms with Crippen LogP contribution in [-0.2, 0) is 16.1 Å². The van der Waals surface area contributed by atoms with Crippen molar-refractivity contribution in [2.24, 2.45) is 5.92 Å². The smallest absolute Gasteiger partial charge is 0.408 e. The van der Waals surface area contributed by atoms with Crippen molar-refractivity contribution >= 4 is 12.0 Å². The second kappa shape index (κ2) is 12.0. The number of benzene rings is 2. The zero-order valence-corrected chi connectivity index (χ0v) is 18.3. The van der Waals surface area contributed by atoms with Crippen molar-refractivity contribution in [3.8, 4) is 0 Å². The molecule has 2 rings (SSSR count). The molecule has 3 atom stereocenters. The number of hydrogen-bond donors (Lipinski definition) is 2. The largest absolute Gasteiger partial charge is 0.445 e. The molecule has 0 bridgehead atoms. The van der Waals surface area contributed by atoms with E-state index in [4.69, 9.17) is 4.74 Å². The third kappa shape index (κ3) is 7.19. The van der Waals surface area contributed by atoms with Crippen LogP contribution in [0, 0.1) is 5.92 Å². The minimum Gasteiger partial charge on any atom is -0.445 e. The van der Waals surface area contributed by atoms with Crippen molar-refractivity contribution in [3.63, 3.8) is 0 Å². The summed E-state index contributed by atoms with van der Waals surface area (Å²) in [6, 6.07) is 18.9. The van der Waals surface area contributed by atoms with E-state index in [1.54, 1.807) is 0 Å². The lowest BCUT2D eigenvalue weighted by atomic mass is 9.98. The van der Waals surface area contributed by atoms with Crippen LogP contribution >= 0.6 is 0 Å². The molecule has 6 nitrogen and oxygen atoms in total. The second-order valence-electron chi connectivity index (χ2n) is 7.70. The first-order chi connectivity index (χ1) is 14.4. The van der Waals surface area contributed by atoms with Gasteiger partial charge < -0.3 is 20.3 Å². The maximum absolute atomic E-state index is 12.9. The van der Waals surface area contributed by atoms with Gasteiger partial charge in [-0.2, -0.15) is 0 Å². The summed E-state index contributed by atoms with van der Waals surface area (Å²) >= 11 is 0. The summed E-state index contributed by atoms with van der Waals surface area (Å²) in [6.07, 6.45) is 0.166. The van der Waals surface area contributed by atoms with E-state index in [0.717, 1.165) is 17.5 Å². The van der Waals surface area contributed by atoms with Crippen LogP contribution in [0.5, 0.6) is 0 Å². The van der Waals surface area contributed by atoms with Gasteiger partial charge in [-0.3, -0.25) is 4.79 Å². The molecule has 2 N–H and O–H groups in total. The van der Waals surface area contributed by atoms with Gasteiger partial charge in [0.15, 0.2) is 0 Å². The van der Waals surface area contributed by atoms with Gasteiger partial charge >= 0.3 is 6.09 Å². The number of likely N-dealkylation sites (N-methyl/N-ethyl adjacent to an activating group) is 1. The molecule has 0 saturated heterocycles. The van der Waals surface area contributed by atoms with E-state index in [1.165, 1.54) is 0 Å². The summed E-state index contributed by atoms with van der Waals surface area (Å²) in [5.41, 5.74) is 2.02. The molecule has 0 saturated carbocycles. The Morgan fingerprint density at radius 2 is 1.60 bits per heavy atom. The van der Waals surface area contributed by atoms with Crippen LogP contribution in [0.15, 0.2) is 60.7 Å². The molecule has 0 heterocycles. The molecule has 30 heavy (non-hydrogen) atoms. The molecule has 0 spiro atoms. The van der Waals surface area contributed by atoms with Gasteiger partial charge in [0.1, 0.15) is 12.6 Å². The summed E-state index contributed by atoms with van der Waals surface area (Å²) in [5.74, 6) is -0.229. The van der Waals surface area contributed by atoms with Crippen LogP contribution in [0.3, 0.4) is 0 Å². The fraction of sp³-hybridized carbons (Fsp3) is 0.417. The third-order valence-electron chi connectivity index (χ3n) is 5.26. The van der Waals surface area contributed by atoms with Gasteiger partial charge in [-0.25, -0.2) is 4.79 Å². The second-order valence-corrected chi connectivity index (χ2v) is 7.70. The number of nitrogens with zero attached hydrogens (tertiary/aromatic N) is 1. The molecule has 2 aromatic carbocycles. The van der Waals surface area contributed by atoms with Crippen molar-refractivity contribution in [1.29, 1.82) is 0 Å². The number of rotatable bonds is 10. The molecule has 6 heteroatoms. The van der Waals surface area contributed by atoms with E-state index in [0.29, 0.717) is 6.54 Å². The molecule has 2 aromatic rings. The minimum absolute atomic E-state index is 0.0243. The van der Waals surface area contributed by atoms with E-state index in [2.05, 4.69) is 15.5 Å². The Balaban J connectivity index is 1.96.